The number of nitro groups is 1. The summed E-state index contributed by atoms with van der Waals surface area (Å²) >= 11 is 1.44. The number of nitrogens with zero attached hydrogens (tertiary/aromatic N) is 3. The quantitative estimate of drug-likeness (QED) is 0.297. The Kier molecular flexibility index (Phi) is 5.19. The summed E-state index contributed by atoms with van der Waals surface area (Å²) in [7, 11) is 0. The van der Waals surface area contributed by atoms with Crippen molar-refractivity contribution in [2.24, 2.45) is 4.99 Å². The van der Waals surface area contributed by atoms with Crippen molar-refractivity contribution in [3.05, 3.63) is 87.7 Å². The normalized spacial score (nSPS) is 11.9. The summed E-state index contributed by atoms with van der Waals surface area (Å²) in [5, 5.41) is 10.7. The highest BCUT2D eigenvalue weighted by atomic mass is 32.1. The molecule has 0 bridgehead atoms. The van der Waals surface area contributed by atoms with Gasteiger partial charge in [-0.15, -0.1) is 6.58 Å². The number of carbonyl (C=O) groups excluding carboxylic acids is 1. The predicted octanol–water partition coefficient (Wildman–Crippen LogP) is 3.94. The average molecular weight is 365 g/mol. The van der Waals surface area contributed by atoms with Gasteiger partial charge in [-0.2, -0.15) is 4.99 Å². The van der Waals surface area contributed by atoms with E-state index in [2.05, 4.69) is 11.6 Å². The van der Waals surface area contributed by atoms with Gasteiger partial charge in [-0.05, 0) is 35.9 Å². The Labute approximate surface area is 153 Å². The molecule has 0 radical (unpaired) electrons. The first kappa shape index (κ1) is 17.5. The number of carbonyl (C=O) groups is 1. The number of para-hydroxylation sites is 1. The van der Waals surface area contributed by atoms with Crippen LogP contribution in [0.2, 0.25) is 0 Å². The van der Waals surface area contributed by atoms with E-state index in [1.165, 1.54) is 29.5 Å². The van der Waals surface area contributed by atoms with Crippen molar-refractivity contribution in [3.8, 4) is 0 Å². The van der Waals surface area contributed by atoms with E-state index in [0.717, 1.165) is 10.2 Å². The van der Waals surface area contributed by atoms with E-state index in [-0.39, 0.29) is 5.69 Å². The molecule has 0 aliphatic heterocycles. The van der Waals surface area contributed by atoms with Gasteiger partial charge in [-0.1, -0.05) is 29.5 Å². The fourth-order valence-electron chi connectivity index (χ4n) is 2.42. The lowest BCUT2D eigenvalue weighted by molar-refractivity contribution is -0.384. The molecule has 130 valence electrons. The molecule has 1 heterocycles. The standard InChI is InChI=1S/C19H15N3O3S/c1-2-13-21-16-5-3-4-6-17(16)26-19(21)20-18(23)12-9-14-7-10-15(11-8-14)22(24)25/h2-12H,1,13H2/b12-9-,20-19?. The van der Waals surface area contributed by atoms with Crippen molar-refractivity contribution >= 4 is 39.2 Å². The number of non-ortho nitro benzene ring substituents is 1. The number of benzene rings is 2. The Morgan fingerprint density at radius 3 is 2.65 bits per heavy atom. The van der Waals surface area contributed by atoms with Crippen molar-refractivity contribution in [2.45, 2.75) is 6.54 Å². The molecular formula is C19H15N3O3S. The Morgan fingerprint density at radius 2 is 1.96 bits per heavy atom. The maximum Gasteiger partial charge on any atom is 0.272 e. The van der Waals surface area contributed by atoms with E-state index in [1.54, 1.807) is 24.3 Å². The number of allylic oxidation sites excluding steroid dienone is 1. The van der Waals surface area contributed by atoms with Crippen LogP contribution in [0.3, 0.4) is 0 Å². The molecular weight excluding hydrogens is 350 g/mol. The van der Waals surface area contributed by atoms with Crippen LogP contribution >= 0.6 is 11.3 Å². The summed E-state index contributed by atoms with van der Waals surface area (Å²) < 4.78 is 2.98. The van der Waals surface area contributed by atoms with Crippen LogP contribution in [-0.2, 0) is 11.3 Å². The number of thiazole rings is 1. The third kappa shape index (κ3) is 3.84. The molecule has 0 unspecified atom stereocenters. The average Bonchev–Trinajstić information content (AvgIpc) is 2.98. The summed E-state index contributed by atoms with van der Waals surface area (Å²) in [6.07, 6.45) is 4.69. The van der Waals surface area contributed by atoms with Crippen molar-refractivity contribution < 1.29 is 9.72 Å². The van der Waals surface area contributed by atoms with Crippen LogP contribution in [0, 0.1) is 10.1 Å². The minimum absolute atomic E-state index is 0.00825. The molecule has 1 aromatic heterocycles. The Bertz CT molecular complexity index is 1080. The van der Waals surface area contributed by atoms with Crippen molar-refractivity contribution in [2.75, 3.05) is 0 Å². The van der Waals surface area contributed by atoms with Gasteiger partial charge in [0.05, 0.1) is 15.1 Å². The van der Waals surface area contributed by atoms with E-state index in [0.29, 0.717) is 16.9 Å². The van der Waals surface area contributed by atoms with Gasteiger partial charge in [-0.3, -0.25) is 14.9 Å². The van der Waals surface area contributed by atoms with Crippen LogP contribution in [0.1, 0.15) is 5.56 Å². The molecule has 26 heavy (non-hydrogen) atoms. The third-order valence-corrected chi connectivity index (χ3v) is 4.69. The molecule has 3 rings (SSSR count). The number of amides is 1. The molecule has 2 aromatic carbocycles. The number of rotatable bonds is 5. The van der Waals surface area contributed by atoms with Gasteiger partial charge in [0.15, 0.2) is 4.80 Å². The maximum atomic E-state index is 12.2. The van der Waals surface area contributed by atoms with E-state index in [1.807, 2.05) is 28.8 Å². The molecule has 3 aromatic rings. The second-order valence-corrected chi connectivity index (χ2v) is 6.39. The zero-order valence-corrected chi connectivity index (χ0v) is 14.6. The molecule has 1 amide bonds. The molecule has 0 N–H and O–H groups in total. The highest BCUT2D eigenvalue weighted by Gasteiger charge is 2.06. The lowest BCUT2D eigenvalue weighted by Crippen LogP contribution is -2.15. The molecule has 7 heteroatoms. The number of hydrogen-bond donors (Lipinski definition) is 0. The van der Waals surface area contributed by atoms with Crippen molar-refractivity contribution in [1.29, 1.82) is 0 Å². The van der Waals surface area contributed by atoms with Gasteiger partial charge < -0.3 is 4.57 Å². The Morgan fingerprint density at radius 1 is 1.23 bits per heavy atom. The topological polar surface area (TPSA) is 77.5 Å². The third-order valence-electron chi connectivity index (χ3n) is 3.63. The lowest BCUT2D eigenvalue weighted by atomic mass is 10.2. The number of aromatic nitrogens is 1. The van der Waals surface area contributed by atoms with E-state index < -0.39 is 10.8 Å². The van der Waals surface area contributed by atoms with Crippen LogP contribution in [0.5, 0.6) is 0 Å². The summed E-state index contributed by atoms with van der Waals surface area (Å²) in [6.45, 7) is 4.31. The SMILES string of the molecule is C=CCn1c(=NC(=O)/C=C\c2ccc([N+](=O)[O-])cc2)sc2ccccc21. The van der Waals surface area contributed by atoms with Crippen molar-refractivity contribution in [3.63, 3.8) is 0 Å². The number of hydrogen-bond acceptors (Lipinski definition) is 4. The summed E-state index contributed by atoms with van der Waals surface area (Å²) in [5.41, 5.74) is 1.70. The Balaban J connectivity index is 1.88. The van der Waals surface area contributed by atoms with Crippen LogP contribution < -0.4 is 4.80 Å². The highest BCUT2D eigenvalue weighted by Crippen LogP contribution is 2.17. The van der Waals surface area contributed by atoms with Gasteiger partial charge in [0, 0.05) is 24.8 Å². The fourth-order valence-corrected chi connectivity index (χ4v) is 3.46. The Hall–Kier alpha value is -3.32. The molecule has 0 saturated carbocycles. The largest absolute Gasteiger partial charge is 0.312 e. The lowest BCUT2D eigenvalue weighted by Gasteiger charge is -1.99. The van der Waals surface area contributed by atoms with Gasteiger partial charge in [-0.25, -0.2) is 0 Å². The predicted molar refractivity (Wildman–Crippen MR) is 103 cm³/mol. The fraction of sp³-hybridized carbons (Fsp3) is 0.0526. The van der Waals surface area contributed by atoms with Crippen LogP contribution in [-0.4, -0.2) is 15.4 Å². The highest BCUT2D eigenvalue weighted by molar-refractivity contribution is 7.16. The van der Waals surface area contributed by atoms with Gasteiger partial charge >= 0.3 is 0 Å². The zero-order chi connectivity index (χ0) is 18.5. The summed E-state index contributed by atoms with van der Waals surface area (Å²) in [6, 6.07) is 13.8. The van der Waals surface area contributed by atoms with E-state index in [9.17, 15) is 14.9 Å². The minimum Gasteiger partial charge on any atom is -0.312 e. The molecule has 0 aliphatic carbocycles. The van der Waals surface area contributed by atoms with Gasteiger partial charge in [0.2, 0.25) is 0 Å². The van der Waals surface area contributed by atoms with Crippen LogP contribution in [0.15, 0.2) is 72.3 Å². The summed E-state index contributed by atoms with van der Waals surface area (Å²) in [4.78, 5) is 27.2. The van der Waals surface area contributed by atoms with Gasteiger partial charge in [0.25, 0.3) is 11.6 Å². The molecule has 0 fully saturated rings. The van der Waals surface area contributed by atoms with Crippen LogP contribution in [0.4, 0.5) is 5.69 Å². The zero-order valence-electron chi connectivity index (χ0n) is 13.7. The van der Waals surface area contributed by atoms with Gasteiger partial charge in [0.1, 0.15) is 0 Å². The van der Waals surface area contributed by atoms with Crippen molar-refractivity contribution in [1.82, 2.24) is 4.57 Å². The first-order valence-corrected chi connectivity index (χ1v) is 8.60. The second kappa shape index (κ2) is 7.71. The monoisotopic (exact) mass is 365 g/mol. The second-order valence-electron chi connectivity index (χ2n) is 5.38. The minimum atomic E-state index is -0.464. The molecule has 0 atom stereocenters. The first-order valence-electron chi connectivity index (χ1n) is 7.79. The first-order chi connectivity index (χ1) is 12.6. The molecule has 0 aliphatic rings. The maximum absolute atomic E-state index is 12.2. The molecule has 0 spiro atoms. The molecule has 0 saturated heterocycles. The number of nitro benzene ring substituents is 1. The van der Waals surface area contributed by atoms with Crippen LogP contribution in [0.25, 0.3) is 16.3 Å². The van der Waals surface area contributed by atoms with E-state index in [4.69, 9.17) is 0 Å². The molecule has 6 nitrogen and oxygen atoms in total. The number of fused-ring (bicyclic) bond motifs is 1. The smallest absolute Gasteiger partial charge is 0.272 e. The summed E-state index contributed by atoms with van der Waals surface area (Å²) in [5.74, 6) is -0.396. The van der Waals surface area contributed by atoms with E-state index >= 15 is 0 Å².